The number of pyridine rings is 1. The molecule has 0 aliphatic carbocycles. The zero-order valence-electron chi connectivity index (χ0n) is 13.3. The highest BCUT2D eigenvalue weighted by atomic mass is 16.5. The van der Waals surface area contributed by atoms with E-state index >= 15 is 0 Å². The van der Waals surface area contributed by atoms with Crippen LogP contribution in [0.4, 0.5) is 0 Å². The number of nitrogens with one attached hydrogen (secondary N) is 1. The van der Waals surface area contributed by atoms with Gasteiger partial charge in [0.15, 0.2) is 5.65 Å². The van der Waals surface area contributed by atoms with Crippen LogP contribution in [-0.4, -0.2) is 33.6 Å². The number of amides is 1. The third-order valence-corrected chi connectivity index (χ3v) is 3.65. The lowest BCUT2D eigenvalue weighted by atomic mass is 9.92. The Bertz CT molecular complexity index is 687. The van der Waals surface area contributed by atoms with E-state index in [0.717, 1.165) is 17.0 Å². The Balaban J connectivity index is 1.76. The molecule has 1 atom stereocenters. The molecule has 1 amide bonds. The lowest BCUT2D eigenvalue weighted by Gasteiger charge is -2.26. The van der Waals surface area contributed by atoms with Crippen LogP contribution in [0.15, 0.2) is 18.3 Å². The summed E-state index contributed by atoms with van der Waals surface area (Å²) in [6.07, 6.45) is 2.28. The normalized spacial score (nSPS) is 18.2. The van der Waals surface area contributed by atoms with Crippen molar-refractivity contribution in [2.75, 3.05) is 13.2 Å². The third-order valence-electron chi connectivity index (χ3n) is 3.65. The van der Waals surface area contributed by atoms with Gasteiger partial charge in [0.05, 0.1) is 12.6 Å². The van der Waals surface area contributed by atoms with Crippen molar-refractivity contribution in [3.05, 3.63) is 24.2 Å². The molecule has 0 radical (unpaired) electrons. The summed E-state index contributed by atoms with van der Waals surface area (Å²) in [6.45, 7) is 7.75. The smallest absolute Gasteiger partial charge is 0.220 e. The summed E-state index contributed by atoms with van der Waals surface area (Å²) in [6, 6.07) is 3.86. The second-order valence-electron chi connectivity index (χ2n) is 6.95. The first-order valence-electron chi connectivity index (χ1n) is 7.60. The van der Waals surface area contributed by atoms with Gasteiger partial charge in [-0.25, -0.2) is 9.97 Å². The SMILES string of the molecule is CC(C)(C)CC(=O)NC[C@H]1COCc2nc3cccnc3n21. The van der Waals surface area contributed by atoms with Gasteiger partial charge in [0, 0.05) is 19.2 Å². The second kappa shape index (κ2) is 5.68. The molecule has 22 heavy (non-hydrogen) atoms. The Kier molecular flexibility index (Phi) is 3.87. The lowest BCUT2D eigenvalue weighted by molar-refractivity contribution is -0.123. The van der Waals surface area contributed by atoms with Crippen molar-refractivity contribution in [1.82, 2.24) is 19.9 Å². The summed E-state index contributed by atoms with van der Waals surface area (Å²) in [5.41, 5.74) is 1.71. The van der Waals surface area contributed by atoms with E-state index in [1.165, 1.54) is 0 Å². The van der Waals surface area contributed by atoms with Crippen LogP contribution in [0, 0.1) is 5.41 Å². The summed E-state index contributed by atoms with van der Waals surface area (Å²) in [7, 11) is 0. The van der Waals surface area contributed by atoms with Crippen LogP contribution >= 0.6 is 0 Å². The van der Waals surface area contributed by atoms with Crippen LogP contribution < -0.4 is 5.32 Å². The Labute approximate surface area is 129 Å². The number of imidazole rings is 1. The fourth-order valence-corrected chi connectivity index (χ4v) is 2.75. The quantitative estimate of drug-likeness (QED) is 0.942. The molecule has 0 fully saturated rings. The van der Waals surface area contributed by atoms with Crippen LogP contribution in [-0.2, 0) is 16.1 Å². The largest absolute Gasteiger partial charge is 0.371 e. The highest BCUT2D eigenvalue weighted by Crippen LogP contribution is 2.24. The maximum atomic E-state index is 12.0. The molecule has 2 aromatic heterocycles. The predicted molar refractivity (Wildman–Crippen MR) is 83.3 cm³/mol. The van der Waals surface area contributed by atoms with Crippen LogP contribution in [0.5, 0.6) is 0 Å². The highest BCUT2D eigenvalue weighted by molar-refractivity contribution is 5.76. The number of fused-ring (bicyclic) bond motifs is 3. The molecule has 118 valence electrons. The number of carbonyl (C=O) groups is 1. The number of carbonyl (C=O) groups excluding carboxylic acids is 1. The minimum Gasteiger partial charge on any atom is -0.371 e. The van der Waals surface area contributed by atoms with Crippen LogP contribution in [0.1, 0.15) is 39.1 Å². The van der Waals surface area contributed by atoms with Gasteiger partial charge in [-0.1, -0.05) is 20.8 Å². The first-order chi connectivity index (χ1) is 10.4. The van der Waals surface area contributed by atoms with E-state index in [-0.39, 0.29) is 17.4 Å². The topological polar surface area (TPSA) is 69.0 Å². The highest BCUT2D eigenvalue weighted by Gasteiger charge is 2.25. The number of hydrogen-bond acceptors (Lipinski definition) is 4. The average molecular weight is 302 g/mol. The molecule has 3 heterocycles. The number of ether oxygens (including phenoxy) is 1. The summed E-state index contributed by atoms with van der Waals surface area (Å²) in [4.78, 5) is 21.0. The average Bonchev–Trinajstić information content (AvgIpc) is 2.82. The standard InChI is InChI=1S/C16H22N4O2/c1-16(2,3)7-14(21)18-8-11-9-22-10-13-19-12-5-4-6-17-15(12)20(11)13/h4-6,11H,7-10H2,1-3H3,(H,18,21)/t11-/m0/s1. The van der Waals surface area contributed by atoms with Gasteiger partial charge in [-0.2, -0.15) is 0 Å². The fraction of sp³-hybridized carbons (Fsp3) is 0.562. The van der Waals surface area contributed by atoms with Gasteiger partial charge in [-0.05, 0) is 17.5 Å². The van der Waals surface area contributed by atoms with Crippen molar-refractivity contribution >= 4 is 17.1 Å². The fourth-order valence-electron chi connectivity index (χ4n) is 2.75. The van der Waals surface area contributed by atoms with Crippen molar-refractivity contribution in [2.24, 2.45) is 5.41 Å². The summed E-state index contributed by atoms with van der Waals surface area (Å²) >= 11 is 0. The van der Waals surface area contributed by atoms with Crippen molar-refractivity contribution in [2.45, 2.75) is 39.8 Å². The van der Waals surface area contributed by atoms with E-state index in [9.17, 15) is 4.79 Å². The first-order valence-corrected chi connectivity index (χ1v) is 7.60. The molecule has 3 rings (SSSR count). The number of rotatable bonds is 3. The lowest BCUT2D eigenvalue weighted by Crippen LogP contribution is -2.37. The molecule has 2 aromatic rings. The third kappa shape index (κ3) is 3.11. The zero-order chi connectivity index (χ0) is 15.7. The van der Waals surface area contributed by atoms with E-state index in [4.69, 9.17) is 4.74 Å². The molecule has 0 saturated heterocycles. The van der Waals surface area contributed by atoms with Crippen molar-refractivity contribution < 1.29 is 9.53 Å². The molecule has 0 saturated carbocycles. The Morgan fingerprint density at radius 2 is 2.32 bits per heavy atom. The number of hydrogen-bond donors (Lipinski definition) is 1. The second-order valence-corrected chi connectivity index (χ2v) is 6.95. The van der Waals surface area contributed by atoms with Crippen molar-refractivity contribution in [3.63, 3.8) is 0 Å². The van der Waals surface area contributed by atoms with Gasteiger partial charge in [0.25, 0.3) is 0 Å². The molecular formula is C16H22N4O2. The van der Waals surface area contributed by atoms with Crippen molar-refractivity contribution in [1.29, 1.82) is 0 Å². The van der Waals surface area contributed by atoms with E-state index in [1.54, 1.807) is 6.20 Å². The van der Waals surface area contributed by atoms with Gasteiger partial charge in [0.2, 0.25) is 5.91 Å². The monoisotopic (exact) mass is 302 g/mol. The Morgan fingerprint density at radius 3 is 3.09 bits per heavy atom. The maximum absolute atomic E-state index is 12.0. The molecule has 0 unspecified atom stereocenters. The minimum absolute atomic E-state index is 0.0123. The zero-order valence-corrected chi connectivity index (χ0v) is 13.3. The summed E-state index contributed by atoms with van der Waals surface area (Å²) in [5, 5.41) is 3.01. The van der Waals surface area contributed by atoms with E-state index < -0.39 is 0 Å². The first kappa shape index (κ1) is 15.0. The molecular weight excluding hydrogens is 280 g/mol. The van der Waals surface area contributed by atoms with Gasteiger partial charge in [0.1, 0.15) is 17.9 Å². The molecule has 0 bridgehead atoms. The van der Waals surface area contributed by atoms with E-state index in [0.29, 0.717) is 26.2 Å². The van der Waals surface area contributed by atoms with E-state index in [2.05, 4.69) is 40.6 Å². The van der Waals surface area contributed by atoms with Gasteiger partial charge >= 0.3 is 0 Å². The minimum atomic E-state index is -0.0123. The molecule has 1 aliphatic rings. The molecule has 0 spiro atoms. The maximum Gasteiger partial charge on any atom is 0.220 e. The number of aromatic nitrogens is 3. The molecule has 1 aliphatic heterocycles. The van der Waals surface area contributed by atoms with Crippen LogP contribution in [0.25, 0.3) is 11.2 Å². The molecule has 0 aromatic carbocycles. The van der Waals surface area contributed by atoms with E-state index in [1.807, 2.05) is 12.1 Å². The molecule has 6 heteroatoms. The number of nitrogens with zero attached hydrogens (tertiary/aromatic N) is 3. The van der Waals surface area contributed by atoms with Crippen LogP contribution in [0.3, 0.4) is 0 Å². The van der Waals surface area contributed by atoms with Crippen molar-refractivity contribution in [3.8, 4) is 0 Å². The molecule has 6 nitrogen and oxygen atoms in total. The van der Waals surface area contributed by atoms with Gasteiger partial charge in [-0.15, -0.1) is 0 Å². The summed E-state index contributed by atoms with van der Waals surface area (Å²) in [5.74, 6) is 0.937. The van der Waals surface area contributed by atoms with Crippen LogP contribution in [0.2, 0.25) is 0 Å². The Hall–Kier alpha value is -1.95. The van der Waals surface area contributed by atoms with Gasteiger partial charge < -0.3 is 14.6 Å². The predicted octanol–water partition coefficient (Wildman–Crippen LogP) is 2.05. The summed E-state index contributed by atoms with van der Waals surface area (Å²) < 4.78 is 7.70. The molecule has 1 N–H and O–H groups in total. The Morgan fingerprint density at radius 1 is 1.50 bits per heavy atom. The van der Waals surface area contributed by atoms with Gasteiger partial charge in [-0.3, -0.25) is 4.79 Å².